The van der Waals surface area contributed by atoms with Crippen LogP contribution in [-0.4, -0.2) is 53.3 Å². The molecule has 5 heteroatoms. The van der Waals surface area contributed by atoms with Crippen molar-refractivity contribution < 1.29 is 9.59 Å². The summed E-state index contributed by atoms with van der Waals surface area (Å²) in [4.78, 5) is 29.2. The Labute approximate surface area is 153 Å². The van der Waals surface area contributed by atoms with Gasteiger partial charge < -0.3 is 15.5 Å². The van der Waals surface area contributed by atoms with Crippen molar-refractivity contribution in [3.05, 3.63) is 71.3 Å². The summed E-state index contributed by atoms with van der Waals surface area (Å²) >= 11 is 0. The Morgan fingerprint density at radius 1 is 0.769 bits per heavy atom. The third-order valence-corrected chi connectivity index (χ3v) is 5.43. The molecule has 1 heterocycles. The summed E-state index contributed by atoms with van der Waals surface area (Å²) in [5.41, 5.74) is 8.67. The molecule has 0 radical (unpaired) electrons. The Kier molecular flexibility index (Phi) is 4.24. The summed E-state index contributed by atoms with van der Waals surface area (Å²) in [7, 11) is 0. The lowest BCUT2D eigenvalue weighted by Gasteiger charge is -2.38. The Morgan fingerprint density at radius 2 is 1.27 bits per heavy atom. The molecule has 1 saturated heterocycles. The van der Waals surface area contributed by atoms with E-state index in [4.69, 9.17) is 5.73 Å². The molecule has 26 heavy (non-hydrogen) atoms. The van der Waals surface area contributed by atoms with Gasteiger partial charge in [0.25, 0.3) is 5.91 Å². The van der Waals surface area contributed by atoms with Crippen molar-refractivity contribution in [2.45, 2.75) is 18.4 Å². The molecule has 0 unspecified atom stereocenters. The van der Waals surface area contributed by atoms with Gasteiger partial charge in [0.2, 0.25) is 5.91 Å². The van der Waals surface area contributed by atoms with Crippen LogP contribution in [0.1, 0.15) is 21.5 Å². The smallest absolute Gasteiger partial charge is 0.253 e. The highest BCUT2D eigenvalue weighted by Gasteiger charge is 2.43. The average Bonchev–Trinajstić information content (AvgIpc) is 3.05. The highest BCUT2D eigenvalue weighted by molar-refractivity contribution is 5.94. The van der Waals surface area contributed by atoms with Gasteiger partial charge in [-0.15, -0.1) is 0 Å². The van der Waals surface area contributed by atoms with Gasteiger partial charge in [0.1, 0.15) is 5.54 Å². The van der Waals surface area contributed by atoms with Crippen LogP contribution in [0.15, 0.2) is 54.6 Å². The SMILES string of the molecule is NC1(C(=O)N2CCN(C(=O)c3ccccc3)CC2)Cc2ccccc2C1. The zero-order chi connectivity index (χ0) is 18.1. The summed E-state index contributed by atoms with van der Waals surface area (Å²) in [5.74, 6) is 0.0222. The minimum atomic E-state index is -0.852. The summed E-state index contributed by atoms with van der Waals surface area (Å²) in [6, 6.07) is 17.3. The van der Waals surface area contributed by atoms with Crippen molar-refractivity contribution in [2.75, 3.05) is 26.2 Å². The lowest BCUT2D eigenvalue weighted by Crippen LogP contribution is -2.60. The summed E-state index contributed by atoms with van der Waals surface area (Å²) in [5, 5.41) is 0. The fourth-order valence-electron chi connectivity index (χ4n) is 3.99. The Hall–Kier alpha value is -2.66. The van der Waals surface area contributed by atoms with Gasteiger partial charge in [-0.3, -0.25) is 9.59 Å². The third kappa shape index (κ3) is 2.99. The number of carbonyl (C=O) groups excluding carboxylic acids is 2. The van der Waals surface area contributed by atoms with Gasteiger partial charge in [0.05, 0.1) is 0 Å². The zero-order valence-electron chi connectivity index (χ0n) is 14.7. The van der Waals surface area contributed by atoms with Crippen LogP contribution in [0.3, 0.4) is 0 Å². The predicted molar refractivity (Wildman–Crippen MR) is 99.7 cm³/mol. The first kappa shape index (κ1) is 16.8. The molecule has 0 saturated carbocycles. The minimum absolute atomic E-state index is 0.000472. The van der Waals surface area contributed by atoms with E-state index in [1.807, 2.05) is 64.4 Å². The van der Waals surface area contributed by atoms with Crippen LogP contribution >= 0.6 is 0 Å². The number of nitrogens with two attached hydrogens (primary N) is 1. The van der Waals surface area contributed by atoms with Gasteiger partial charge in [0.15, 0.2) is 0 Å². The standard InChI is InChI=1S/C21H23N3O2/c22-21(14-17-8-4-5-9-18(17)15-21)20(26)24-12-10-23(11-13-24)19(25)16-6-2-1-3-7-16/h1-9H,10-15,22H2. The van der Waals surface area contributed by atoms with E-state index in [-0.39, 0.29) is 11.8 Å². The second-order valence-corrected chi connectivity index (χ2v) is 7.23. The van der Waals surface area contributed by atoms with Crippen LogP contribution in [0.2, 0.25) is 0 Å². The molecule has 5 nitrogen and oxygen atoms in total. The largest absolute Gasteiger partial charge is 0.338 e. The van der Waals surface area contributed by atoms with Crippen LogP contribution < -0.4 is 5.73 Å². The van der Waals surface area contributed by atoms with Gasteiger partial charge in [-0.25, -0.2) is 0 Å². The number of carbonyl (C=O) groups is 2. The van der Waals surface area contributed by atoms with Crippen molar-refractivity contribution in [3.63, 3.8) is 0 Å². The zero-order valence-corrected chi connectivity index (χ0v) is 14.7. The lowest BCUT2D eigenvalue weighted by atomic mass is 9.94. The van der Waals surface area contributed by atoms with Gasteiger partial charge >= 0.3 is 0 Å². The molecule has 2 amide bonds. The number of piperazine rings is 1. The van der Waals surface area contributed by atoms with Crippen LogP contribution in [-0.2, 0) is 17.6 Å². The van der Waals surface area contributed by atoms with E-state index in [0.717, 1.165) is 0 Å². The first-order chi connectivity index (χ1) is 12.6. The number of nitrogens with zero attached hydrogens (tertiary/aromatic N) is 2. The number of benzene rings is 2. The van der Waals surface area contributed by atoms with Gasteiger partial charge in [-0.2, -0.15) is 0 Å². The fourth-order valence-corrected chi connectivity index (χ4v) is 3.99. The van der Waals surface area contributed by atoms with Gasteiger partial charge in [0, 0.05) is 31.7 Å². The van der Waals surface area contributed by atoms with E-state index in [1.165, 1.54) is 11.1 Å². The summed E-state index contributed by atoms with van der Waals surface area (Å²) < 4.78 is 0. The minimum Gasteiger partial charge on any atom is -0.338 e. The number of amides is 2. The lowest BCUT2D eigenvalue weighted by molar-refractivity contribution is -0.138. The molecule has 0 atom stereocenters. The van der Waals surface area contributed by atoms with Crippen LogP contribution in [0.25, 0.3) is 0 Å². The first-order valence-electron chi connectivity index (χ1n) is 9.06. The molecule has 4 rings (SSSR count). The molecule has 2 aromatic rings. The maximum Gasteiger partial charge on any atom is 0.253 e. The van der Waals surface area contributed by atoms with E-state index < -0.39 is 5.54 Å². The fraction of sp³-hybridized carbons (Fsp3) is 0.333. The van der Waals surface area contributed by atoms with Gasteiger partial charge in [-0.1, -0.05) is 42.5 Å². The number of hydrogen-bond donors (Lipinski definition) is 1. The molecule has 2 aromatic carbocycles. The average molecular weight is 349 g/mol. The van der Waals surface area contributed by atoms with Crippen molar-refractivity contribution in [2.24, 2.45) is 5.73 Å². The van der Waals surface area contributed by atoms with E-state index in [2.05, 4.69) is 0 Å². The highest BCUT2D eigenvalue weighted by atomic mass is 16.2. The topological polar surface area (TPSA) is 66.6 Å². The van der Waals surface area contributed by atoms with Crippen LogP contribution in [0.5, 0.6) is 0 Å². The number of rotatable bonds is 2. The molecule has 0 bridgehead atoms. The third-order valence-electron chi connectivity index (χ3n) is 5.43. The molecular weight excluding hydrogens is 326 g/mol. The number of hydrogen-bond acceptors (Lipinski definition) is 3. The van der Waals surface area contributed by atoms with Crippen molar-refractivity contribution in [3.8, 4) is 0 Å². The Morgan fingerprint density at radius 3 is 1.85 bits per heavy atom. The molecule has 1 aliphatic heterocycles. The second-order valence-electron chi connectivity index (χ2n) is 7.23. The van der Waals surface area contributed by atoms with Crippen molar-refractivity contribution >= 4 is 11.8 Å². The number of fused-ring (bicyclic) bond motifs is 1. The Balaban J connectivity index is 1.39. The second kappa shape index (κ2) is 6.57. The van der Waals surface area contributed by atoms with E-state index in [0.29, 0.717) is 44.6 Å². The molecule has 2 aliphatic rings. The van der Waals surface area contributed by atoms with Crippen LogP contribution in [0.4, 0.5) is 0 Å². The maximum atomic E-state index is 13.0. The maximum absolute atomic E-state index is 13.0. The molecule has 134 valence electrons. The van der Waals surface area contributed by atoms with E-state index in [1.54, 1.807) is 0 Å². The van der Waals surface area contributed by atoms with Crippen LogP contribution in [0, 0.1) is 0 Å². The predicted octanol–water partition coefficient (Wildman–Crippen LogP) is 1.47. The summed E-state index contributed by atoms with van der Waals surface area (Å²) in [6.45, 7) is 2.16. The molecular formula is C21H23N3O2. The normalized spacial score (nSPS) is 18.5. The van der Waals surface area contributed by atoms with Gasteiger partial charge in [-0.05, 0) is 36.1 Å². The molecule has 1 aliphatic carbocycles. The van der Waals surface area contributed by atoms with Crippen molar-refractivity contribution in [1.29, 1.82) is 0 Å². The monoisotopic (exact) mass is 349 g/mol. The highest BCUT2D eigenvalue weighted by Crippen LogP contribution is 2.30. The quantitative estimate of drug-likeness (QED) is 0.893. The summed E-state index contributed by atoms with van der Waals surface area (Å²) in [6.07, 6.45) is 1.18. The van der Waals surface area contributed by atoms with Crippen molar-refractivity contribution in [1.82, 2.24) is 9.80 Å². The molecule has 0 spiro atoms. The molecule has 1 fully saturated rings. The van der Waals surface area contributed by atoms with E-state index in [9.17, 15) is 9.59 Å². The Bertz CT molecular complexity index is 801. The van der Waals surface area contributed by atoms with E-state index >= 15 is 0 Å². The molecule has 0 aromatic heterocycles. The first-order valence-corrected chi connectivity index (χ1v) is 9.06. The molecule has 2 N–H and O–H groups in total.